The summed E-state index contributed by atoms with van der Waals surface area (Å²) < 4.78 is 13.7. The summed E-state index contributed by atoms with van der Waals surface area (Å²) in [6, 6.07) is 8.39. The molecule has 1 fully saturated rings. The first-order valence-corrected chi connectivity index (χ1v) is 5.36. The van der Waals surface area contributed by atoms with Gasteiger partial charge in [0.15, 0.2) is 0 Å². The Morgan fingerprint density at radius 3 is 2.75 bits per heavy atom. The van der Waals surface area contributed by atoms with Gasteiger partial charge in [-0.05, 0) is 18.9 Å². The highest BCUT2D eigenvalue weighted by Gasteiger charge is 2.39. The van der Waals surface area contributed by atoms with E-state index in [0.29, 0.717) is 24.8 Å². The van der Waals surface area contributed by atoms with Gasteiger partial charge < -0.3 is 0 Å². The van der Waals surface area contributed by atoms with Gasteiger partial charge in [-0.25, -0.2) is 4.39 Å². The maximum Gasteiger partial charge on any atom is 0.134 e. The molecule has 0 N–H and O–H groups in total. The lowest BCUT2D eigenvalue weighted by Crippen LogP contribution is -2.32. The summed E-state index contributed by atoms with van der Waals surface area (Å²) in [5, 5.41) is 9.27. The molecule has 0 heterocycles. The normalized spacial score (nSPS) is 25.1. The van der Waals surface area contributed by atoms with Gasteiger partial charge >= 0.3 is 0 Å². The Morgan fingerprint density at radius 2 is 2.12 bits per heavy atom. The van der Waals surface area contributed by atoms with Gasteiger partial charge in [0.1, 0.15) is 11.6 Å². The van der Waals surface area contributed by atoms with E-state index < -0.39 is 11.2 Å². The number of hydrogen-bond acceptors (Lipinski definition) is 2. The monoisotopic (exact) mass is 217 g/mol. The molecule has 16 heavy (non-hydrogen) atoms. The predicted octanol–water partition coefficient (Wildman–Crippen LogP) is 2.73. The molecular formula is C13H12FNO. The van der Waals surface area contributed by atoms with Gasteiger partial charge in [-0.2, -0.15) is 5.26 Å². The van der Waals surface area contributed by atoms with Crippen LogP contribution in [0.25, 0.3) is 0 Å². The molecule has 3 heteroatoms. The number of Topliss-reactive ketones (excluding diaryl/α,β-unsaturated/α-hetero) is 1. The Hall–Kier alpha value is -1.69. The third-order valence-electron chi connectivity index (χ3n) is 3.16. The minimum Gasteiger partial charge on any atom is -0.300 e. The highest BCUT2D eigenvalue weighted by atomic mass is 19.1. The van der Waals surface area contributed by atoms with E-state index in [1.54, 1.807) is 18.2 Å². The summed E-state index contributed by atoms with van der Waals surface area (Å²) in [5.41, 5.74) is -0.578. The number of benzene rings is 1. The molecule has 0 radical (unpaired) electrons. The van der Waals surface area contributed by atoms with Crippen molar-refractivity contribution in [3.05, 3.63) is 35.6 Å². The second-order valence-electron chi connectivity index (χ2n) is 4.24. The van der Waals surface area contributed by atoms with Crippen LogP contribution in [0.5, 0.6) is 0 Å². The van der Waals surface area contributed by atoms with Crippen molar-refractivity contribution in [3.63, 3.8) is 0 Å². The summed E-state index contributed by atoms with van der Waals surface area (Å²) in [6.45, 7) is 0. The lowest BCUT2D eigenvalue weighted by atomic mass is 9.70. The van der Waals surface area contributed by atoms with Crippen molar-refractivity contribution in [2.24, 2.45) is 0 Å². The Bertz CT molecular complexity index is 463. The fourth-order valence-electron chi connectivity index (χ4n) is 2.34. The SMILES string of the molecule is N#CC1(c2ccccc2F)CCCC(=O)C1. The zero-order chi connectivity index (χ0) is 11.6. The Balaban J connectivity index is 2.46. The van der Waals surface area contributed by atoms with E-state index in [-0.39, 0.29) is 12.2 Å². The number of carbonyl (C=O) groups excluding carboxylic acids is 1. The molecule has 0 aromatic heterocycles. The molecule has 0 aliphatic heterocycles. The van der Waals surface area contributed by atoms with Gasteiger partial charge in [0.25, 0.3) is 0 Å². The topological polar surface area (TPSA) is 40.9 Å². The lowest BCUT2D eigenvalue weighted by Gasteiger charge is -2.30. The number of ketones is 1. The number of nitriles is 1. The summed E-state index contributed by atoms with van der Waals surface area (Å²) >= 11 is 0. The van der Waals surface area contributed by atoms with Crippen molar-refractivity contribution in [2.45, 2.75) is 31.1 Å². The lowest BCUT2D eigenvalue weighted by molar-refractivity contribution is -0.121. The van der Waals surface area contributed by atoms with Crippen molar-refractivity contribution < 1.29 is 9.18 Å². The molecule has 82 valence electrons. The van der Waals surface area contributed by atoms with Crippen LogP contribution in [0.1, 0.15) is 31.2 Å². The standard InChI is InChI=1S/C13H12FNO/c14-12-6-2-1-5-11(12)13(9-15)7-3-4-10(16)8-13/h1-2,5-6H,3-4,7-8H2. The second kappa shape index (κ2) is 4.05. The minimum absolute atomic E-state index is 0.0519. The molecule has 2 nitrogen and oxygen atoms in total. The fourth-order valence-corrected chi connectivity index (χ4v) is 2.34. The van der Waals surface area contributed by atoms with Crippen LogP contribution in [0.15, 0.2) is 24.3 Å². The first kappa shape index (κ1) is 10.8. The van der Waals surface area contributed by atoms with Crippen LogP contribution < -0.4 is 0 Å². The van der Waals surface area contributed by atoms with Gasteiger partial charge in [0, 0.05) is 18.4 Å². The molecule has 1 aromatic carbocycles. The van der Waals surface area contributed by atoms with Crippen LogP contribution in [-0.4, -0.2) is 5.78 Å². The van der Waals surface area contributed by atoms with E-state index in [9.17, 15) is 14.4 Å². The molecule has 0 saturated heterocycles. The zero-order valence-electron chi connectivity index (χ0n) is 8.87. The maximum absolute atomic E-state index is 13.7. The van der Waals surface area contributed by atoms with Crippen LogP contribution >= 0.6 is 0 Å². The van der Waals surface area contributed by atoms with Crippen molar-refractivity contribution in [1.29, 1.82) is 5.26 Å². The third-order valence-corrected chi connectivity index (χ3v) is 3.16. The van der Waals surface area contributed by atoms with Crippen molar-refractivity contribution >= 4 is 5.78 Å². The molecule has 1 aliphatic carbocycles. The predicted molar refractivity (Wildman–Crippen MR) is 57.2 cm³/mol. The van der Waals surface area contributed by atoms with Gasteiger partial charge in [-0.1, -0.05) is 18.2 Å². The molecule has 1 saturated carbocycles. The number of halogens is 1. The third kappa shape index (κ3) is 1.71. The van der Waals surface area contributed by atoms with E-state index in [1.165, 1.54) is 6.07 Å². The zero-order valence-corrected chi connectivity index (χ0v) is 8.87. The molecule has 0 bridgehead atoms. The molecule has 1 aromatic rings. The molecule has 0 spiro atoms. The van der Waals surface area contributed by atoms with Gasteiger partial charge in [0.05, 0.1) is 11.5 Å². The molecule has 1 atom stereocenters. The highest BCUT2D eigenvalue weighted by molar-refractivity contribution is 5.81. The van der Waals surface area contributed by atoms with E-state index in [4.69, 9.17) is 0 Å². The molecule has 2 rings (SSSR count). The van der Waals surface area contributed by atoms with Gasteiger partial charge in [0.2, 0.25) is 0 Å². The minimum atomic E-state index is -0.944. The van der Waals surface area contributed by atoms with Crippen LogP contribution in [0.3, 0.4) is 0 Å². The number of carbonyl (C=O) groups is 1. The quantitative estimate of drug-likeness (QED) is 0.725. The second-order valence-corrected chi connectivity index (χ2v) is 4.24. The Kier molecular flexibility index (Phi) is 2.74. The van der Waals surface area contributed by atoms with Crippen LogP contribution in [-0.2, 0) is 10.2 Å². The Labute approximate surface area is 93.7 Å². The van der Waals surface area contributed by atoms with Gasteiger partial charge in [-0.3, -0.25) is 4.79 Å². The van der Waals surface area contributed by atoms with Gasteiger partial charge in [-0.15, -0.1) is 0 Å². The van der Waals surface area contributed by atoms with E-state index in [0.717, 1.165) is 0 Å². The molecular weight excluding hydrogens is 205 g/mol. The first-order chi connectivity index (χ1) is 7.68. The summed E-state index contributed by atoms with van der Waals surface area (Å²) in [5.74, 6) is -0.338. The van der Waals surface area contributed by atoms with Crippen molar-refractivity contribution in [2.75, 3.05) is 0 Å². The van der Waals surface area contributed by atoms with E-state index in [2.05, 4.69) is 6.07 Å². The highest BCUT2D eigenvalue weighted by Crippen LogP contribution is 2.38. The number of nitrogens with zero attached hydrogens (tertiary/aromatic N) is 1. The van der Waals surface area contributed by atoms with Crippen LogP contribution in [0.2, 0.25) is 0 Å². The van der Waals surface area contributed by atoms with Crippen molar-refractivity contribution in [3.8, 4) is 6.07 Å². The van der Waals surface area contributed by atoms with E-state index >= 15 is 0 Å². The van der Waals surface area contributed by atoms with Crippen molar-refractivity contribution in [1.82, 2.24) is 0 Å². The largest absolute Gasteiger partial charge is 0.300 e. The van der Waals surface area contributed by atoms with Crippen LogP contribution in [0, 0.1) is 17.1 Å². The molecule has 1 aliphatic rings. The maximum atomic E-state index is 13.7. The number of hydrogen-bond donors (Lipinski definition) is 0. The Morgan fingerprint density at radius 1 is 1.38 bits per heavy atom. The van der Waals surface area contributed by atoms with E-state index in [1.807, 2.05) is 0 Å². The number of rotatable bonds is 1. The first-order valence-electron chi connectivity index (χ1n) is 5.36. The average Bonchev–Trinajstić information content (AvgIpc) is 2.29. The fraction of sp³-hybridized carbons (Fsp3) is 0.385. The molecule has 1 unspecified atom stereocenters. The molecule has 0 amide bonds. The van der Waals surface area contributed by atoms with Crippen LogP contribution in [0.4, 0.5) is 4.39 Å². The average molecular weight is 217 g/mol. The smallest absolute Gasteiger partial charge is 0.134 e. The summed E-state index contributed by atoms with van der Waals surface area (Å²) in [7, 11) is 0. The summed E-state index contributed by atoms with van der Waals surface area (Å²) in [4.78, 5) is 11.4. The summed E-state index contributed by atoms with van der Waals surface area (Å²) in [6.07, 6.45) is 1.89.